The van der Waals surface area contributed by atoms with Crippen LogP contribution in [0.1, 0.15) is 32.1 Å². The number of rotatable bonds is 3. The van der Waals surface area contributed by atoms with Crippen molar-refractivity contribution in [3.63, 3.8) is 0 Å². The Morgan fingerprint density at radius 1 is 1.11 bits per heavy atom. The smallest absolute Gasteiger partial charge is 0.197 e. The number of hydrogen-bond acceptors (Lipinski definition) is 3. The van der Waals surface area contributed by atoms with Crippen LogP contribution in [-0.4, -0.2) is 15.4 Å². The Bertz CT molecular complexity index is 1130. The molecule has 1 aliphatic rings. The van der Waals surface area contributed by atoms with Crippen molar-refractivity contribution in [2.24, 2.45) is 0 Å². The van der Waals surface area contributed by atoms with Crippen LogP contribution in [0.4, 0.5) is 10.2 Å². The van der Waals surface area contributed by atoms with Gasteiger partial charge in [0.25, 0.3) is 0 Å². The van der Waals surface area contributed by atoms with Gasteiger partial charge in [0.15, 0.2) is 4.96 Å². The van der Waals surface area contributed by atoms with E-state index >= 15 is 0 Å². The summed E-state index contributed by atoms with van der Waals surface area (Å²) in [4.78, 5) is 5.81. The molecule has 2 aromatic carbocycles. The maximum Gasteiger partial charge on any atom is 0.197 e. The number of benzene rings is 2. The summed E-state index contributed by atoms with van der Waals surface area (Å²) >= 11 is 8.04. The topological polar surface area (TPSA) is 29.3 Å². The first kappa shape index (κ1) is 17.0. The molecule has 0 radical (unpaired) electrons. The lowest BCUT2D eigenvalue weighted by Crippen LogP contribution is -2.23. The molecule has 0 saturated heterocycles. The van der Waals surface area contributed by atoms with Crippen LogP contribution in [0.2, 0.25) is 5.02 Å². The lowest BCUT2D eigenvalue weighted by atomic mass is 9.95. The van der Waals surface area contributed by atoms with E-state index in [2.05, 4.69) is 21.9 Å². The molecule has 0 bridgehead atoms. The van der Waals surface area contributed by atoms with Crippen LogP contribution >= 0.6 is 22.9 Å². The SMILES string of the molecule is Fc1ccc(-c2nc3sc4ccccc4n3c2NC2CCCCC2)c(Cl)c1. The van der Waals surface area contributed by atoms with Gasteiger partial charge < -0.3 is 5.32 Å². The van der Waals surface area contributed by atoms with Gasteiger partial charge >= 0.3 is 0 Å². The predicted octanol–water partition coefficient (Wildman–Crippen LogP) is 6.75. The van der Waals surface area contributed by atoms with E-state index in [4.69, 9.17) is 16.6 Å². The van der Waals surface area contributed by atoms with Crippen LogP contribution in [-0.2, 0) is 0 Å². The molecule has 0 spiro atoms. The van der Waals surface area contributed by atoms with Gasteiger partial charge in [-0.3, -0.25) is 4.40 Å². The molecule has 1 aliphatic carbocycles. The highest BCUT2D eigenvalue weighted by atomic mass is 35.5. The zero-order chi connectivity index (χ0) is 18.4. The highest BCUT2D eigenvalue weighted by Gasteiger charge is 2.23. The molecule has 1 N–H and O–H groups in total. The van der Waals surface area contributed by atoms with E-state index in [-0.39, 0.29) is 5.82 Å². The van der Waals surface area contributed by atoms with Crippen LogP contribution in [0.25, 0.3) is 26.4 Å². The van der Waals surface area contributed by atoms with Crippen molar-refractivity contribution in [3.05, 3.63) is 53.3 Å². The maximum absolute atomic E-state index is 13.6. The lowest BCUT2D eigenvalue weighted by molar-refractivity contribution is 0.462. The molecule has 2 heterocycles. The van der Waals surface area contributed by atoms with Crippen molar-refractivity contribution in [1.29, 1.82) is 0 Å². The molecule has 1 fully saturated rings. The molecular formula is C21H19ClFN3S. The van der Waals surface area contributed by atoms with Crippen molar-refractivity contribution in [2.75, 3.05) is 5.32 Å². The molecule has 3 nitrogen and oxygen atoms in total. The fourth-order valence-corrected chi connectivity index (χ4v) is 5.24. The van der Waals surface area contributed by atoms with E-state index in [0.29, 0.717) is 11.1 Å². The fraction of sp³-hybridized carbons (Fsp3) is 0.286. The molecule has 6 heteroatoms. The Kier molecular flexibility index (Phi) is 4.29. The minimum absolute atomic E-state index is 0.336. The summed E-state index contributed by atoms with van der Waals surface area (Å²) in [7, 11) is 0. The number of hydrogen-bond donors (Lipinski definition) is 1. The van der Waals surface area contributed by atoms with E-state index < -0.39 is 0 Å². The van der Waals surface area contributed by atoms with Gasteiger partial charge in [-0.05, 0) is 43.2 Å². The molecule has 4 aromatic rings. The number of nitrogens with one attached hydrogen (secondary N) is 1. The molecule has 0 unspecified atom stereocenters. The zero-order valence-electron chi connectivity index (χ0n) is 14.7. The summed E-state index contributed by atoms with van der Waals surface area (Å²) in [5.41, 5.74) is 2.69. The second kappa shape index (κ2) is 6.80. The van der Waals surface area contributed by atoms with E-state index in [9.17, 15) is 4.39 Å². The summed E-state index contributed by atoms with van der Waals surface area (Å²) in [6, 6.07) is 13.3. The average molecular weight is 400 g/mol. The number of fused-ring (bicyclic) bond motifs is 3. The summed E-state index contributed by atoms with van der Waals surface area (Å²) in [5, 5.41) is 4.13. The van der Waals surface area contributed by atoms with Gasteiger partial charge in [0.05, 0.1) is 15.2 Å². The van der Waals surface area contributed by atoms with Crippen molar-refractivity contribution >= 4 is 43.9 Å². The number of anilines is 1. The van der Waals surface area contributed by atoms with Crippen molar-refractivity contribution < 1.29 is 4.39 Å². The molecule has 1 saturated carbocycles. The number of para-hydroxylation sites is 1. The molecule has 0 atom stereocenters. The molecule has 0 aliphatic heterocycles. The number of imidazole rings is 1. The van der Waals surface area contributed by atoms with Gasteiger partial charge in [0.2, 0.25) is 0 Å². The van der Waals surface area contributed by atoms with Gasteiger partial charge in [0, 0.05) is 11.6 Å². The summed E-state index contributed by atoms with van der Waals surface area (Å²) in [6.07, 6.45) is 6.11. The summed E-state index contributed by atoms with van der Waals surface area (Å²) in [6.45, 7) is 0. The predicted molar refractivity (Wildman–Crippen MR) is 111 cm³/mol. The monoisotopic (exact) mass is 399 g/mol. The largest absolute Gasteiger partial charge is 0.367 e. The third-order valence-corrected chi connectivity index (χ3v) is 6.62. The Labute approximate surface area is 165 Å². The zero-order valence-corrected chi connectivity index (χ0v) is 16.3. The quantitative estimate of drug-likeness (QED) is 0.412. The van der Waals surface area contributed by atoms with Crippen molar-refractivity contribution in [1.82, 2.24) is 9.38 Å². The number of thiazole rings is 1. The third-order valence-electron chi connectivity index (χ3n) is 5.29. The van der Waals surface area contributed by atoms with E-state index in [1.54, 1.807) is 17.4 Å². The first-order valence-electron chi connectivity index (χ1n) is 9.32. The maximum atomic E-state index is 13.6. The minimum atomic E-state index is -0.336. The number of aromatic nitrogens is 2. The second-order valence-corrected chi connectivity index (χ2v) is 8.52. The molecule has 27 heavy (non-hydrogen) atoms. The Hall–Kier alpha value is -2.11. The molecule has 0 amide bonds. The summed E-state index contributed by atoms with van der Waals surface area (Å²) in [5.74, 6) is 0.625. The Morgan fingerprint density at radius 2 is 1.93 bits per heavy atom. The van der Waals surface area contributed by atoms with E-state index in [1.807, 2.05) is 12.1 Å². The van der Waals surface area contributed by atoms with Gasteiger partial charge in [-0.2, -0.15) is 0 Å². The Morgan fingerprint density at radius 3 is 2.74 bits per heavy atom. The van der Waals surface area contributed by atoms with Crippen LogP contribution in [0, 0.1) is 5.82 Å². The molecule has 138 valence electrons. The van der Waals surface area contributed by atoms with E-state index in [0.717, 1.165) is 40.4 Å². The number of nitrogens with zero attached hydrogens (tertiary/aromatic N) is 2. The highest BCUT2D eigenvalue weighted by Crippen LogP contribution is 2.39. The lowest BCUT2D eigenvalue weighted by Gasteiger charge is -2.24. The Balaban J connectivity index is 1.72. The first-order chi connectivity index (χ1) is 13.2. The van der Waals surface area contributed by atoms with Crippen LogP contribution < -0.4 is 5.32 Å². The van der Waals surface area contributed by atoms with Crippen LogP contribution in [0.3, 0.4) is 0 Å². The van der Waals surface area contributed by atoms with Crippen LogP contribution in [0.15, 0.2) is 42.5 Å². The first-order valence-corrected chi connectivity index (χ1v) is 10.5. The van der Waals surface area contributed by atoms with Crippen molar-refractivity contribution in [2.45, 2.75) is 38.1 Å². The van der Waals surface area contributed by atoms with Gasteiger partial charge in [-0.25, -0.2) is 9.37 Å². The van der Waals surface area contributed by atoms with E-state index in [1.165, 1.54) is 36.1 Å². The van der Waals surface area contributed by atoms with Gasteiger partial charge in [-0.15, -0.1) is 0 Å². The number of halogens is 2. The second-order valence-electron chi connectivity index (χ2n) is 7.10. The average Bonchev–Trinajstić information content (AvgIpc) is 3.19. The highest BCUT2D eigenvalue weighted by molar-refractivity contribution is 7.23. The van der Waals surface area contributed by atoms with Crippen LogP contribution in [0.5, 0.6) is 0 Å². The van der Waals surface area contributed by atoms with Gasteiger partial charge in [0.1, 0.15) is 17.3 Å². The summed E-state index contributed by atoms with van der Waals surface area (Å²) < 4.78 is 16.9. The molecule has 2 aromatic heterocycles. The molecular weight excluding hydrogens is 381 g/mol. The normalized spacial score (nSPS) is 15.6. The van der Waals surface area contributed by atoms with Gasteiger partial charge in [-0.1, -0.05) is 54.3 Å². The molecule has 5 rings (SSSR count). The standard InChI is InChI=1S/C21H19ClFN3S/c22-16-12-13(23)10-11-15(16)19-20(24-14-6-2-1-3-7-14)26-17-8-4-5-9-18(17)27-21(26)25-19/h4-5,8-12,14,24H,1-3,6-7H2. The van der Waals surface area contributed by atoms with Crippen molar-refractivity contribution in [3.8, 4) is 11.3 Å². The third kappa shape index (κ3) is 2.99. The fourth-order valence-electron chi connectivity index (χ4n) is 3.96. The minimum Gasteiger partial charge on any atom is -0.367 e.